The lowest BCUT2D eigenvalue weighted by molar-refractivity contribution is 0.0617. The summed E-state index contributed by atoms with van der Waals surface area (Å²) in [5, 5.41) is 13.0. The summed E-state index contributed by atoms with van der Waals surface area (Å²) in [5.41, 5.74) is 2.72. The monoisotopic (exact) mass is 425 g/mol. The Hall–Kier alpha value is -3.95. The maximum absolute atomic E-state index is 12.9. The van der Waals surface area contributed by atoms with Gasteiger partial charge in [0.05, 0.1) is 35.9 Å². The smallest absolute Gasteiger partial charge is 0.251 e. The fraction of sp³-hybridized carbons (Fsp3) is 0.192. The second kappa shape index (κ2) is 8.66. The van der Waals surface area contributed by atoms with Gasteiger partial charge in [-0.25, -0.2) is 0 Å². The second-order valence-corrected chi connectivity index (χ2v) is 8.40. The van der Waals surface area contributed by atoms with Crippen LogP contribution in [0.1, 0.15) is 35.3 Å². The van der Waals surface area contributed by atoms with Crippen LogP contribution >= 0.6 is 0 Å². The third-order valence-corrected chi connectivity index (χ3v) is 5.23. The minimum Gasteiger partial charge on any atom is -0.374 e. The number of carbonyl (C=O) groups excluding carboxylic acids is 1. The molecule has 1 amide bonds. The molecule has 6 heteroatoms. The van der Waals surface area contributed by atoms with E-state index in [1.54, 1.807) is 36.4 Å². The molecule has 3 aromatic carbocycles. The number of pyridine rings is 1. The van der Waals surface area contributed by atoms with E-state index < -0.39 is 5.54 Å². The third kappa shape index (κ3) is 4.53. The van der Waals surface area contributed by atoms with Gasteiger partial charge in [0, 0.05) is 21.9 Å². The van der Waals surface area contributed by atoms with E-state index in [0.717, 1.165) is 11.1 Å². The average Bonchev–Trinajstić information content (AvgIpc) is 2.79. The molecule has 160 valence electrons. The van der Waals surface area contributed by atoms with Gasteiger partial charge in [-0.1, -0.05) is 24.3 Å². The molecule has 0 bridgehead atoms. The predicted octanol–water partition coefficient (Wildman–Crippen LogP) is 4.28. The van der Waals surface area contributed by atoms with Gasteiger partial charge in [-0.15, -0.1) is 0 Å². The van der Waals surface area contributed by atoms with Crippen molar-refractivity contribution in [2.45, 2.75) is 26.0 Å². The van der Waals surface area contributed by atoms with Gasteiger partial charge in [0.15, 0.2) is 5.43 Å². The Morgan fingerprint density at radius 3 is 2.50 bits per heavy atom. The number of para-hydroxylation sites is 1. The Labute approximate surface area is 185 Å². The lowest BCUT2D eigenvalue weighted by atomic mass is 10.0. The van der Waals surface area contributed by atoms with Crippen molar-refractivity contribution in [1.82, 2.24) is 10.3 Å². The molecule has 2 N–H and O–H groups in total. The molecule has 0 aliphatic rings. The number of nitriles is 1. The van der Waals surface area contributed by atoms with Crippen LogP contribution in [0, 0.1) is 11.3 Å². The fourth-order valence-corrected chi connectivity index (χ4v) is 3.58. The molecule has 0 fully saturated rings. The number of nitrogens with one attached hydrogen (secondary N) is 2. The van der Waals surface area contributed by atoms with Gasteiger partial charge in [-0.2, -0.15) is 5.26 Å². The number of aromatic amines is 1. The topological polar surface area (TPSA) is 95.0 Å². The normalized spacial score (nSPS) is 11.4. The van der Waals surface area contributed by atoms with Crippen molar-refractivity contribution in [3.05, 3.63) is 93.6 Å². The van der Waals surface area contributed by atoms with Crippen molar-refractivity contribution in [2.24, 2.45) is 0 Å². The van der Waals surface area contributed by atoms with E-state index in [2.05, 4.69) is 16.4 Å². The lowest BCUT2D eigenvalue weighted by Gasteiger charge is -2.26. The summed E-state index contributed by atoms with van der Waals surface area (Å²) in [6.07, 6.45) is 0. The summed E-state index contributed by atoms with van der Waals surface area (Å²) in [7, 11) is 0. The maximum atomic E-state index is 12.9. The standard InChI is InChI=1S/C26H23N3O3/c1-26(2,16-32-15-18-9-7-17(14-27)8-10-18)29-25(31)19-11-12-21-23(13-19)28-22-6-4-3-5-20(22)24(21)30/h3-13H,15-16H2,1-2H3,(H,28,30)(H,29,31). The number of hydrogen-bond donors (Lipinski definition) is 2. The van der Waals surface area contributed by atoms with Crippen molar-refractivity contribution in [3.63, 3.8) is 0 Å². The maximum Gasteiger partial charge on any atom is 0.251 e. The van der Waals surface area contributed by atoms with Gasteiger partial charge in [0.1, 0.15) is 0 Å². The van der Waals surface area contributed by atoms with Gasteiger partial charge >= 0.3 is 0 Å². The molecular formula is C26H23N3O3. The largest absolute Gasteiger partial charge is 0.374 e. The molecule has 6 nitrogen and oxygen atoms in total. The number of fused-ring (bicyclic) bond motifs is 2. The predicted molar refractivity (Wildman–Crippen MR) is 124 cm³/mol. The molecule has 4 rings (SSSR count). The average molecular weight is 425 g/mol. The summed E-state index contributed by atoms with van der Waals surface area (Å²) >= 11 is 0. The van der Waals surface area contributed by atoms with E-state index in [9.17, 15) is 9.59 Å². The highest BCUT2D eigenvalue weighted by Gasteiger charge is 2.22. The van der Waals surface area contributed by atoms with E-state index in [-0.39, 0.29) is 11.3 Å². The molecule has 0 aliphatic carbocycles. The highest BCUT2D eigenvalue weighted by atomic mass is 16.5. The molecule has 0 unspecified atom stereocenters. The Morgan fingerprint density at radius 1 is 1.03 bits per heavy atom. The zero-order chi connectivity index (χ0) is 22.7. The van der Waals surface area contributed by atoms with Crippen molar-refractivity contribution >= 4 is 27.7 Å². The van der Waals surface area contributed by atoms with Crippen LogP contribution in [0.5, 0.6) is 0 Å². The minimum absolute atomic E-state index is 0.0576. The van der Waals surface area contributed by atoms with Crippen LogP contribution in [-0.2, 0) is 11.3 Å². The number of amides is 1. The van der Waals surface area contributed by atoms with Crippen LogP contribution in [0.15, 0.2) is 71.5 Å². The second-order valence-electron chi connectivity index (χ2n) is 8.40. The number of carbonyl (C=O) groups is 1. The Morgan fingerprint density at radius 2 is 1.75 bits per heavy atom. The van der Waals surface area contributed by atoms with Gasteiger partial charge in [-0.05, 0) is 61.9 Å². The molecule has 0 saturated carbocycles. The summed E-state index contributed by atoms with van der Waals surface area (Å²) in [5.74, 6) is -0.243. The van der Waals surface area contributed by atoms with Crippen molar-refractivity contribution in [2.75, 3.05) is 6.61 Å². The molecule has 1 heterocycles. The first-order valence-electron chi connectivity index (χ1n) is 10.3. The van der Waals surface area contributed by atoms with E-state index in [4.69, 9.17) is 10.00 Å². The van der Waals surface area contributed by atoms with Crippen molar-refractivity contribution in [1.29, 1.82) is 5.26 Å². The van der Waals surface area contributed by atoms with Crippen molar-refractivity contribution in [3.8, 4) is 6.07 Å². The number of ether oxygens (including phenoxy) is 1. The van der Waals surface area contributed by atoms with E-state index in [1.807, 2.05) is 44.2 Å². The molecule has 0 saturated heterocycles. The van der Waals surface area contributed by atoms with E-state index in [1.165, 1.54) is 0 Å². The molecule has 0 atom stereocenters. The van der Waals surface area contributed by atoms with Crippen LogP contribution in [-0.4, -0.2) is 23.0 Å². The third-order valence-electron chi connectivity index (χ3n) is 5.23. The molecule has 0 radical (unpaired) electrons. The summed E-state index contributed by atoms with van der Waals surface area (Å²) < 4.78 is 5.78. The number of rotatable bonds is 6. The number of H-pyrrole nitrogens is 1. The summed E-state index contributed by atoms with van der Waals surface area (Å²) in [4.78, 5) is 28.8. The number of aromatic nitrogens is 1. The Balaban J connectivity index is 1.45. The van der Waals surface area contributed by atoms with Crippen LogP contribution in [0.4, 0.5) is 0 Å². The van der Waals surface area contributed by atoms with Gasteiger partial charge in [0.2, 0.25) is 0 Å². The van der Waals surface area contributed by atoms with Crippen LogP contribution < -0.4 is 10.7 Å². The molecular weight excluding hydrogens is 402 g/mol. The van der Waals surface area contributed by atoms with E-state index >= 15 is 0 Å². The van der Waals surface area contributed by atoms with Gasteiger partial charge in [-0.3, -0.25) is 9.59 Å². The lowest BCUT2D eigenvalue weighted by Crippen LogP contribution is -2.47. The first-order chi connectivity index (χ1) is 15.4. The first-order valence-corrected chi connectivity index (χ1v) is 10.3. The molecule has 1 aromatic heterocycles. The minimum atomic E-state index is -0.602. The number of hydrogen-bond acceptors (Lipinski definition) is 4. The Kier molecular flexibility index (Phi) is 5.76. The zero-order valence-corrected chi connectivity index (χ0v) is 17.9. The number of nitrogens with zero attached hydrogens (tertiary/aromatic N) is 1. The SMILES string of the molecule is CC(C)(COCc1ccc(C#N)cc1)NC(=O)c1ccc2c(=O)c3ccccc3[nH]c2c1. The van der Waals surface area contributed by atoms with Crippen LogP contribution in [0.2, 0.25) is 0 Å². The number of benzene rings is 3. The summed E-state index contributed by atoms with van der Waals surface area (Å²) in [6.45, 7) is 4.48. The van der Waals surface area contributed by atoms with Crippen molar-refractivity contribution < 1.29 is 9.53 Å². The zero-order valence-electron chi connectivity index (χ0n) is 17.9. The fourth-order valence-electron chi connectivity index (χ4n) is 3.58. The highest BCUT2D eigenvalue weighted by molar-refractivity contribution is 6.00. The first kappa shape index (κ1) is 21.3. The quantitative estimate of drug-likeness (QED) is 0.451. The van der Waals surface area contributed by atoms with E-state index in [0.29, 0.717) is 40.6 Å². The van der Waals surface area contributed by atoms with Gasteiger partial charge < -0.3 is 15.0 Å². The van der Waals surface area contributed by atoms with Crippen LogP contribution in [0.3, 0.4) is 0 Å². The highest BCUT2D eigenvalue weighted by Crippen LogP contribution is 2.17. The summed E-state index contributed by atoms with van der Waals surface area (Å²) in [6, 6.07) is 21.7. The van der Waals surface area contributed by atoms with Crippen LogP contribution in [0.25, 0.3) is 21.8 Å². The molecule has 32 heavy (non-hydrogen) atoms. The molecule has 4 aromatic rings. The molecule has 0 aliphatic heterocycles. The molecule has 0 spiro atoms. The van der Waals surface area contributed by atoms with Gasteiger partial charge in [0.25, 0.3) is 5.91 Å². The Bertz CT molecular complexity index is 1400.